The van der Waals surface area contributed by atoms with Crippen LogP contribution in [-0.4, -0.2) is 35.6 Å². The molecule has 0 atom stereocenters. The first-order valence-corrected chi connectivity index (χ1v) is 6.57. The molecule has 1 spiro atoms. The minimum atomic E-state index is -0.590. The second kappa shape index (κ2) is 4.35. The molecule has 0 N–H and O–H groups in total. The molecule has 1 aromatic rings. The van der Waals surface area contributed by atoms with E-state index in [1.165, 1.54) is 0 Å². The molecule has 0 unspecified atom stereocenters. The minimum Gasteiger partial charge on any atom is -0.448 e. The van der Waals surface area contributed by atoms with Crippen molar-refractivity contribution in [3.05, 3.63) is 24.3 Å². The summed E-state index contributed by atoms with van der Waals surface area (Å²) >= 11 is 5.56. The molecule has 0 aromatic heterocycles. The Bertz CT molecular complexity index is 442. The molecule has 4 nitrogen and oxygen atoms in total. The number of fused-ring (bicyclic) bond motifs is 1. The quantitative estimate of drug-likeness (QED) is 0.731. The van der Waals surface area contributed by atoms with Crippen molar-refractivity contribution in [1.82, 2.24) is 4.90 Å². The molecule has 0 saturated carbocycles. The zero-order valence-electron chi connectivity index (χ0n) is 9.89. The predicted octanol–water partition coefficient (Wildman–Crippen LogP) is 2.02. The molecule has 0 aliphatic carbocycles. The largest absolute Gasteiger partial charge is 0.448 e. The molecule has 1 fully saturated rings. The summed E-state index contributed by atoms with van der Waals surface area (Å²) in [7, 11) is 0. The van der Waals surface area contributed by atoms with E-state index >= 15 is 0 Å². The van der Waals surface area contributed by atoms with Gasteiger partial charge < -0.3 is 14.4 Å². The Hall–Kier alpha value is -1.42. The van der Waals surface area contributed by atoms with Crippen molar-refractivity contribution in [3.63, 3.8) is 0 Å². The van der Waals surface area contributed by atoms with Crippen LogP contribution in [0.15, 0.2) is 24.3 Å². The van der Waals surface area contributed by atoms with E-state index in [9.17, 15) is 4.79 Å². The zero-order chi connectivity index (χ0) is 12.6. The lowest BCUT2D eigenvalue weighted by Gasteiger charge is -2.37. The third kappa shape index (κ3) is 1.90. The predicted molar refractivity (Wildman–Crippen MR) is 67.0 cm³/mol. The van der Waals surface area contributed by atoms with Gasteiger partial charge in [0.15, 0.2) is 11.5 Å². The molecular formula is C13H14ClNO3. The van der Waals surface area contributed by atoms with Crippen LogP contribution in [0.25, 0.3) is 0 Å². The summed E-state index contributed by atoms with van der Waals surface area (Å²) in [6.07, 6.45) is 1.34. The van der Waals surface area contributed by atoms with Gasteiger partial charge in [-0.3, -0.25) is 4.79 Å². The number of halogens is 1. The fourth-order valence-electron chi connectivity index (χ4n) is 2.43. The topological polar surface area (TPSA) is 38.8 Å². The third-order valence-corrected chi connectivity index (χ3v) is 3.66. The summed E-state index contributed by atoms with van der Waals surface area (Å²) < 4.78 is 11.8. The molecule has 1 aromatic carbocycles. The number of nitrogens with zero attached hydrogens (tertiary/aromatic N) is 1. The highest BCUT2D eigenvalue weighted by atomic mass is 35.5. The highest BCUT2D eigenvalue weighted by Crippen LogP contribution is 2.43. The van der Waals surface area contributed by atoms with Gasteiger partial charge in [0.05, 0.1) is 0 Å². The van der Waals surface area contributed by atoms with Gasteiger partial charge in [0.25, 0.3) is 5.79 Å². The van der Waals surface area contributed by atoms with Gasteiger partial charge in [0, 0.05) is 25.9 Å². The number of piperidine rings is 1. The third-order valence-electron chi connectivity index (χ3n) is 3.43. The fourth-order valence-corrected chi connectivity index (χ4v) is 2.59. The Kier molecular flexibility index (Phi) is 2.82. The molecule has 0 bridgehead atoms. The Balaban J connectivity index is 1.69. The van der Waals surface area contributed by atoms with Crippen LogP contribution < -0.4 is 9.47 Å². The monoisotopic (exact) mass is 267 g/mol. The maximum Gasteiger partial charge on any atom is 0.255 e. The second-order valence-corrected chi connectivity index (χ2v) is 4.84. The maximum atomic E-state index is 11.5. The first kappa shape index (κ1) is 11.7. The molecule has 2 aliphatic heterocycles. The Morgan fingerprint density at radius 3 is 2.28 bits per heavy atom. The van der Waals surface area contributed by atoms with E-state index in [0.717, 1.165) is 11.5 Å². The Morgan fingerprint density at radius 1 is 1.22 bits per heavy atom. The summed E-state index contributed by atoms with van der Waals surface area (Å²) in [6, 6.07) is 7.65. The Labute approximate surface area is 110 Å². The molecule has 18 heavy (non-hydrogen) atoms. The zero-order valence-corrected chi connectivity index (χ0v) is 10.7. The second-order valence-electron chi connectivity index (χ2n) is 4.58. The number of hydrogen-bond donors (Lipinski definition) is 0. The van der Waals surface area contributed by atoms with E-state index in [0.29, 0.717) is 25.9 Å². The highest BCUT2D eigenvalue weighted by molar-refractivity contribution is 6.27. The van der Waals surface area contributed by atoms with E-state index in [-0.39, 0.29) is 11.8 Å². The SMILES string of the molecule is O=C(CCl)N1CCC2(CC1)Oc1ccccc1O2. The van der Waals surface area contributed by atoms with Crippen LogP contribution in [0.3, 0.4) is 0 Å². The highest BCUT2D eigenvalue weighted by Gasteiger charge is 2.44. The van der Waals surface area contributed by atoms with Gasteiger partial charge in [-0.05, 0) is 12.1 Å². The number of amides is 1. The van der Waals surface area contributed by atoms with Crippen molar-refractivity contribution < 1.29 is 14.3 Å². The van der Waals surface area contributed by atoms with Crippen molar-refractivity contribution in [2.75, 3.05) is 19.0 Å². The molecule has 5 heteroatoms. The van der Waals surface area contributed by atoms with E-state index in [4.69, 9.17) is 21.1 Å². The van der Waals surface area contributed by atoms with Crippen molar-refractivity contribution in [1.29, 1.82) is 0 Å². The van der Waals surface area contributed by atoms with Crippen LogP contribution in [-0.2, 0) is 4.79 Å². The first-order chi connectivity index (χ1) is 8.72. The summed E-state index contributed by atoms with van der Waals surface area (Å²) in [5.41, 5.74) is 0. The van der Waals surface area contributed by atoms with Crippen LogP contribution in [0.1, 0.15) is 12.8 Å². The fraction of sp³-hybridized carbons (Fsp3) is 0.462. The molecule has 96 valence electrons. The van der Waals surface area contributed by atoms with Crippen LogP contribution in [0.2, 0.25) is 0 Å². The van der Waals surface area contributed by atoms with E-state index in [1.807, 2.05) is 24.3 Å². The van der Waals surface area contributed by atoms with Gasteiger partial charge in [0.2, 0.25) is 5.91 Å². The standard InChI is InChI=1S/C13H14ClNO3/c14-9-12(16)15-7-5-13(6-8-15)17-10-3-1-2-4-11(10)18-13/h1-4H,5-9H2. The van der Waals surface area contributed by atoms with Crippen molar-refractivity contribution in [2.45, 2.75) is 18.6 Å². The molecule has 2 heterocycles. The summed E-state index contributed by atoms with van der Waals surface area (Å²) in [5, 5.41) is 0. The average Bonchev–Trinajstić information content (AvgIpc) is 2.76. The van der Waals surface area contributed by atoms with Gasteiger partial charge in [-0.1, -0.05) is 12.1 Å². The molecule has 3 rings (SSSR count). The van der Waals surface area contributed by atoms with Crippen LogP contribution in [0.5, 0.6) is 11.5 Å². The van der Waals surface area contributed by atoms with E-state index in [2.05, 4.69) is 0 Å². The summed E-state index contributed by atoms with van der Waals surface area (Å²) in [4.78, 5) is 13.3. The van der Waals surface area contributed by atoms with Crippen LogP contribution >= 0.6 is 11.6 Å². The molecule has 0 radical (unpaired) electrons. The smallest absolute Gasteiger partial charge is 0.255 e. The van der Waals surface area contributed by atoms with Gasteiger partial charge >= 0.3 is 0 Å². The number of carbonyl (C=O) groups excluding carboxylic acids is 1. The number of para-hydroxylation sites is 2. The molecular weight excluding hydrogens is 254 g/mol. The average molecular weight is 268 g/mol. The molecule has 2 aliphatic rings. The lowest BCUT2D eigenvalue weighted by Crippen LogP contribution is -2.51. The van der Waals surface area contributed by atoms with Gasteiger partial charge in [-0.15, -0.1) is 11.6 Å². The normalized spacial score (nSPS) is 20.2. The first-order valence-electron chi connectivity index (χ1n) is 6.03. The lowest BCUT2D eigenvalue weighted by atomic mass is 10.0. The van der Waals surface area contributed by atoms with Gasteiger partial charge in [-0.25, -0.2) is 0 Å². The summed E-state index contributed by atoms with van der Waals surface area (Å²) in [5.74, 6) is 0.994. The Morgan fingerprint density at radius 2 is 1.78 bits per heavy atom. The molecule has 1 amide bonds. The van der Waals surface area contributed by atoms with Crippen molar-refractivity contribution in [2.24, 2.45) is 0 Å². The number of ether oxygens (including phenoxy) is 2. The number of carbonyl (C=O) groups is 1. The van der Waals surface area contributed by atoms with Crippen molar-refractivity contribution in [3.8, 4) is 11.5 Å². The number of rotatable bonds is 1. The van der Waals surface area contributed by atoms with Gasteiger partial charge in [-0.2, -0.15) is 0 Å². The van der Waals surface area contributed by atoms with Gasteiger partial charge in [0.1, 0.15) is 5.88 Å². The van der Waals surface area contributed by atoms with Crippen molar-refractivity contribution >= 4 is 17.5 Å². The van der Waals surface area contributed by atoms with Crippen LogP contribution in [0, 0.1) is 0 Å². The minimum absolute atomic E-state index is 0.0259. The number of hydrogen-bond acceptors (Lipinski definition) is 3. The number of alkyl halides is 1. The summed E-state index contributed by atoms with van der Waals surface area (Å²) in [6.45, 7) is 1.25. The maximum absolute atomic E-state index is 11.5. The number of benzene rings is 1. The lowest BCUT2D eigenvalue weighted by molar-refractivity contribution is -0.143. The van der Waals surface area contributed by atoms with E-state index < -0.39 is 5.79 Å². The number of likely N-dealkylation sites (tertiary alicyclic amines) is 1. The van der Waals surface area contributed by atoms with E-state index in [1.54, 1.807) is 4.90 Å². The molecule has 1 saturated heterocycles. The van der Waals surface area contributed by atoms with Crippen LogP contribution in [0.4, 0.5) is 0 Å².